The molecule has 29 heavy (non-hydrogen) atoms. The van der Waals surface area contributed by atoms with Gasteiger partial charge in [-0.25, -0.2) is 9.50 Å². The van der Waals surface area contributed by atoms with Gasteiger partial charge in [-0.15, -0.1) is 0 Å². The second-order valence-electron chi connectivity index (χ2n) is 7.41. The number of amides is 2. The van der Waals surface area contributed by atoms with E-state index in [-0.39, 0.29) is 17.9 Å². The van der Waals surface area contributed by atoms with Crippen molar-refractivity contribution in [3.8, 4) is 0 Å². The quantitative estimate of drug-likeness (QED) is 0.672. The predicted octanol–water partition coefficient (Wildman–Crippen LogP) is 3.42. The Morgan fingerprint density at radius 3 is 2.66 bits per heavy atom. The summed E-state index contributed by atoms with van der Waals surface area (Å²) in [5.41, 5.74) is 6.41. The Hall–Kier alpha value is -3.22. The number of fused-ring (bicyclic) bond motifs is 1. The van der Waals surface area contributed by atoms with E-state index in [1.54, 1.807) is 0 Å². The highest BCUT2D eigenvalue weighted by atomic mass is 16.2. The molecule has 0 aliphatic carbocycles. The molecule has 0 unspecified atom stereocenters. The van der Waals surface area contributed by atoms with Crippen LogP contribution in [0, 0.1) is 20.8 Å². The number of carbonyl (C=O) groups excluding carboxylic acids is 2. The van der Waals surface area contributed by atoms with E-state index in [1.807, 2.05) is 62.5 Å². The zero-order valence-electron chi connectivity index (χ0n) is 17.5. The molecule has 0 bridgehead atoms. The van der Waals surface area contributed by atoms with Gasteiger partial charge in [0.05, 0.1) is 11.7 Å². The van der Waals surface area contributed by atoms with E-state index in [0.29, 0.717) is 12.8 Å². The van der Waals surface area contributed by atoms with Crippen LogP contribution in [0.2, 0.25) is 0 Å². The molecule has 1 aromatic carbocycles. The first-order valence-corrected chi connectivity index (χ1v) is 9.74. The molecule has 0 radical (unpaired) electrons. The summed E-state index contributed by atoms with van der Waals surface area (Å²) in [5, 5.41) is 10.3. The fraction of sp³-hybridized carbons (Fsp3) is 0.364. The molecule has 2 amide bonds. The van der Waals surface area contributed by atoms with Crippen molar-refractivity contribution in [1.82, 2.24) is 19.9 Å². The summed E-state index contributed by atoms with van der Waals surface area (Å²) in [5.74, 6) is -0.152. The molecule has 3 rings (SSSR count). The van der Waals surface area contributed by atoms with Crippen LogP contribution in [0.15, 0.2) is 30.3 Å². The summed E-state index contributed by atoms with van der Waals surface area (Å²) in [6.45, 7) is 9.33. The van der Waals surface area contributed by atoms with Crippen molar-refractivity contribution in [2.45, 2.75) is 53.5 Å². The van der Waals surface area contributed by atoms with Crippen LogP contribution in [-0.4, -0.2) is 26.4 Å². The number of hydrogen-bond acceptors (Lipinski definition) is 4. The number of rotatable bonds is 6. The van der Waals surface area contributed by atoms with Crippen LogP contribution in [0.5, 0.6) is 0 Å². The number of nitrogens with zero attached hydrogens (tertiary/aromatic N) is 3. The molecular formula is C22H27N5O2. The van der Waals surface area contributed by atoms with E-state index in [2.05, 4.69) is 20.7 Å². The molecule has 2 N–H and O–H groups in total. The average molecular weight is 393 g/mol. The zero-order valence-corrected chi connectivity index (χ0v) is 17.5. The van der Waals surface area contributed by atoms with Gasteiger partial charge in [-0.05, 0) is 57.4 Å². The summed E-state index contributed by atoms with van der Waals surface area (Å²) >= 11 is 0. The molecule has 2 heterocycles. The molecule has 0 aliphatic heterocycles. The minimum Gasteiger partial charge on any atom is -0.350 e. The largest absolute Gasteiger partial charge is 0.350 e. The number of aromatic nitrogens is 3. The van der Waals surface area contributed by atoms with E-state index in [0.717, 1.165) is 39.5 Å². The van der Waals surface area contributed by atoms with Crippen LogP contribution in [0.1, 0.15) is 54.5 Å². The lowest BCUT2D eigenvalue weighted by Gasteiger charge is -2.16. The van der Waals surface area contributed by atoms with Crippen LogP contribution >= 0.6 is 0 Å². The van der Waals surface area contributed by atoms with Crippen LogP contribution in [-0.2, 0) is 16.0 Å². The monoisotopic (exact) mass is 393 g/mol. The lowest BCUT2D eigenvalue weighted by molar-refractivity contribution is -0.121. The smallest absolute Gasteiger partial charge is 0.221 e. The molecule has 0 aliphatic rings. The van der Waals surface area contributed by atoms with E-state index >= 15 is 0 Å². The predicted molar refractivity (Wildman–Crippen MR) is 113 cm³/mol. The second kappa shape index (κ2) is 8.43. The van der Waals surface area contributed by atoms with Gasteiger partial charge in [0, 0.05) is 36.5 Å². The fourth-order valence-electron chi connectivity index (χ4n) is 3.53. The van der Waals surface area contributed by atoms with Crippen LogP contribution < -0.4 is 10.6 Å². The van der Waals surface area contributed by atoms with Crippen LogP contribution in [0.25, 0.3) is 5.65 Å². The number of benzene rings is 1. The first-order valence-electron chi connectivity index (χ1n) is 9.74. The maximum Gasteiger partial charge on any atom is 0.221 e. The summed E-state index contributed by atoms with van der Waals surface area (Å²) < 4.78 is 1.84. The van der Waals surface area contributed by atoms with Crippen molar-refractivity contribution in [1.29, 1.82) is 0 Å². The van der Waals surface area contributed by atoms with Crippen LogP contribution in [0.4, 0.5) is 5.69 Å². The summed E-state index contributed by atoms with van der Waals surface area (Å²) in [6.07, 6.45) is 0.967. The number of carbonyl (C=O) groups is 2. The molecule has 1 atom stereocenters. The number of anilines is 1. The molecule has 7 heteroatoms. The third-order valence-electron chi connectivity index (χ3n) is 4.97. The molecule has 0 saturated carbocycles. The Morgan fingerprint density at radius 1 is 1.17 bits per heavy atom. The van der Waals surface area contributed by atoms with Crippen LogP contribution in [0.3, 0.4) is 0 Å². The van der Waals surface area contributed by atoms with Crippen molar-refractivity contribution in [2.75, 3.05) is 5.32 Å². The van der Waals surface area contributed by atoms with Crippen molar-refractivity contribution in [3.63, 3.8) is 0 Å². The molecule has 0 fully saturated rings. The van der Waals surface area contributed by atoms with Crippen molar-refractivity contribution < 1.29 is 9.59 Å². The minimum atomic E-state index is -0.159. The summed E-state index contributed by atoms with van der Waals surface area (Å²) in [6, 6.07) is 9.29. The Labute approximate surface area is 170 Å². The SMILES string of the molecule is CC(=O)Nc1cccc([C@H](C)NC(=O)CCc2c(C)nc3cc(C)nn3c2C)c1. The van der Waals surface area contributed by atoms with E-state index in [4.69, 9.17) is 0 Å². The van der Waals surface area contributed by atoms with E-state index < -0.39 is 0 Å². The Kier molecular flexibility index (Phi) is 5.96. The molecule has 7 nitrogen and oxygen atoms in total. The minimum absolute atomic E-state index is 0.0297. The third kappa shape index (κ3) is 4.80. The highest BCUT2D eigenvalue weighted by Crippen LogP contribution is 2.19. The van der Waals surface area contributed by atoms with Gasteiger partial charge in [0.2, 0.25) is 11.8 Å². The molecule has 0 saturated heterocycles. The third-order valence-corrected chi connectivity index (χ3v) is 4.97. The van der Waals surface area contributed by atoms with Gasteiger partial charge >= 0.3 is 0 Å². The number of hydrogen-bond donors (Lipinski definition) is 2. The zero-order chi connectivity index (χ0) is 21.1. The maximum absolute atomic E-state index is 12.5. The first-order chi connectivity index (χ1) is 13.7. The highest BCUT2D eigenvalue weighted by Gasteiger charge is 2.15. The lowest BCUT2D eigenvalue weighted by Crippen LogP contribution is -2.27. The molecule has 2 aromatic heterocycles. The highest BCUT2D eigenvalue weighted by molar-refractivity contribution is 5.88. The molecule has 3 aromatic rings. The van der Waals surface area contributed by atoms with E-state index in [1.165, 1.54) is 6.92 Å². The second-order valence-corrected chi connectivity index (χ2v) is 7.41. The normalized spacial score (nSPS) is 12.0. The summed E-state index contributed by atoms with van der Waals surface area (Å²) in [4.78, 5) is 28.4. The van der Waals surface area contributed by atoms with Gasteiger partial charge in [0.15, 0.2) is 5.65 Å². The van der Waals surface area contributed by atoms with Gasteiger partial charge < -0.3 is 10.6 Å². The summed E-state index contributed by atoms with van der Waals surface area (Å²) in [7, 11) is 0. The van der Waals surface area contributed by atoms with Crippen molar-refractivity contribution in [3.05, 3.63) is 58.5 Å². The van der Waals surface area contributed by atoms with Crippen molar-refractivity contribution >= 4 is 23.1 Å². The molecular weight excluding hydrogens is 366 g/mol. The maximum atomic E-state index is 12.5. The van der Waals surface area contributed by atoms with Gasteiger partial charge in [-0.2, -0.15) is 5.10 Å². The van der Waals surface area contributed by atoms with Gasteiger partial charge in [-0.1, -0.05) is 12.1 Å². The molecule has 0 spiro atoms. The van der Waals surface area contributed by atoms with Gasteiger partial charge in [-0.3, -0.25) is 9.59 Å². The van der Waals surface area contributed by atoms with Gasteiger partial charge in [0.25, 0.3) is 0 Å². The number of nitrogens with one attached hydrogen (secondary N) is 2. The molecule has 152 valence electrons. The van der Waals surface area contributed by atoms with E-state index in [9.17, 15) is 9.59 Å². The first kappa shape index (κ1) is 20.5. The topological polar surface area (TPSA) is 88.4 Å². The Balaban J connectivity index is 1.66. The fourth-order valence-corrected chi connectivity index (χ4v) is 3.53. The number of aryl methyl sites for hydroxylation is 3. The van der Waals surface area contributed by atoms with Gasteiger partial charge in [0.1, 0.15) is 0 Å². The van der Waals surface area contributed by atoms with Crippen molar-refractivity contribution in [2.24, 2.45) is 0 Å². The lowest BCUT2D eigenvalue weighted by atomic mass is 10.0. The standard InChI is InChI=1S/C22H27N5O2/c1-13-11-21-23-15(3)20(16(4)27(21)26-13)9-10-22(29)24-14(2)18-7-6-8-19(12-18)25-17(5)28/h6-8,11-12,14H,9-10H2,1-5H3,(H,24,29)(H,25,28)/t14-/m0/s1. The average Bonchev–Trinajstić information content (AvgIpc) is 3.01. The Bertz CT molecular complexity index is 1070. The Morgan fingerprint density at radius 2 is 1.93 bits per heavy atom.